The van der Waals surface area contributed by atoms with Crippen molar-refractivity contribution in [3.8, 4) is 5.75 Å². The minimum atomic E-state index is -0.401. The van der Waals surface area contributed by atoms with Gasteiger partial charge < -0.3 is 4.74 Å². The zero-order valence-electron chi connectivity index (χ0n) is 10.4. The van der Waals surface area contributed by atoms with Gasteiger partial charge in [0.05, 0.1) is 12.1 Å². The molecular formula is C13H13N3O2S. The van der Waals surface area contributed by atoms with Crippen LogP contribution in [0.25, 0.3) is 0 Å². The molecule has 0 aliphatic carbocycles. The van der Waals surface area contributed by atoms with Crippen molar-refractivity contribution in [2.75, 3.05) is 5.75 Å². The molecule has 2 heterocycles. The standard InChI is InChI=1S/C13H13N3O2S/c1-16-7-9(14-15-16)6-10(17)12-8-19-13-5-3-2-4-11(13)18-12/h2-5,7,12H,6,8H2,1H3. The third kappa shape index (κ3) is 2.63. The number of Topliss-reactive ketones (excluding diaryl/α,β-unsaturated/α-hetero) is 1. The second-order valence-corrected chi connectivity index (χ2v) is 5.45. The maximum absolute atomic E-state index is 12.2. The van der Waals surface area contributed by atoms with Crippen LogP contribution in [0.3, 0.4) is 0 Å². The number of rotatable bonds is 3. The van der Waals surface area contributed by atoms with Crippen LogP contribution in [-0.2, 0) is 18.3 Å². The fourth-order valence-electron chi connectivity index (χ4n) is 1.95. The molecule has 0 fully saturated rings. The first-order chi connectivity index (χ1) is 9.22. The topological polar surface area (TPSA) is 57.0 Å². The Kier molecular flexibility index (Phi) is 3.25. The first-order valence-corrected chi connectivity index (χ1v) is 6.97. The number of fused-ring (bicyclic) bond motifs is 1. The molecule has 1 aromatic carbocycles. The highest BCUT2D eigenvalue weighted by molar-refractivity contribution is 7.99. The molecule has 98 valence electrons. The second kappa shape index (κ2) is 5.05. The van der Waals surface area contributed by atoms with Gasteiger partial charge in [0.2, 0.25) is 0 Å². The quantitative estimate of drug-likeness (QED) is 0.849. The van der Waals surface area contributed by atoms with Crippen molar-refractivity contribution < 1.29 is 9.53 Å². The zero-order valence-corrected chi connectivity index (χ0v) is 11.3. The predicted molar refractivity (Wildman–Crippen MR) is 71.3 cm³/mol. The highest BCUT2D eigenvalue weighted by Crippen LogP contribution is 2.35. The molecule has 6 heteroatoms. The summed E-state index contributed by atoms with van der Waals surface area (Å²) in [5.41, 5.74) is 0.681. The van der Waals surface area contributed by atoms with E-state index in [1.54, 1.807) is 29.7 Å². The van der Waals surface area contributed by atoms with Crippen LogP contribution < -0.4 is 4.74 Å². The first kappa shape index (κ1) is 12.2. The number of ketones is 1. The van der Waals surface area contributed by atoms with Gasteiger partial charge in [-0.3, -0.25) is 9.48 Å². The largest absolute Gasteiger partial charge is 0.481 e. The highest BCUT2D eigenvalue weighted by atomic mass is 32.2. The van der Waals surface area contributed by atoms with Crippen LogP contribution in [-0.4, -0.2) is 32.6 Å². The van der Waals surface area contributed by atoms with Crippen molar-refractivity contribution in [1.29, 1.82) is 0 Å². The Bertz CT molecular complexity index is 611. The molecule has 0 N–H and O–H groups in total. The number of aryl methyl sites for hydroxylation is 1. The Hall–Kier alpha value is -1.82. The number of nitrogens with zero attached hydrogens (tertiary/aromatic N) is 3. The molecule has 0 saturated carbocycles. The Morgan fingerprint density at radius 2 is 2.37 bits per heavy atom. The zero-order chi connectivity index (χ0) is 13.2. The van der Waals surface area contributed by atoms with E-state index in [1.165, 1.54) is 0 Å². The highest BCUT2D eigenvalue weighted by Gasteiger charge is 2.26. The molecule has 2 aromatic rings. The number of aromatic nitrogens is 3. The van der Waals surface area contributed by atoms with E-state index in [1.807, 2.05) is 24.3 Å². The number of ether oxygens (including phenoxy) is 1. The van der Waals surface area contributed by atoms with Gasteiger partial charge >= 0.3 is 0 Å². The van der Waals surface area contributed by atoms with E-state index in [4.69, 9.17) is 4.74 Å². The van der Waals surface area contributed by atoms with Gasteiger partial charge in [-0.1, -0.05) is 17.3 Å². The summed E-state index contributed by atoms with van der Waals surface area (Å²) < 4.78 is 7.34. The Labute approximate surface area is 115 Å². The lowest BCUT2D eigenvalue weighted by atomic mass is 10.1. The number of carbonyl (C=O) groups is 1. The molecule has 0 spiro atoms. The summed E-state index contributed by atoms with van der Waals surface area (Å²) in [6, 6.07) is 7.78. The van der Waals surface area contributed by atoms with E-state index in [2.05, 4.69) is 10.3 Å². The van der Waals surface area contributed by atoms with E-state index in [0.29, 0.717) is 11.4 Å². The lowest BCUT2D eigenvalue weighted by Crippen LogP contribution is -2.33. The van der Waals surface area contributed by atoms with E-state index >= 15 is 0 Å². The van der Waals surface area contributed by atoms with Gasteiger partial charge in [-0.05, 0) is 12.1 Å². The molecule has 0 bridgehead atoms. The summed E-state index contributed by atoms with van der Waals surface area (Å²) in [5, 5.41) is 7.74. The molecule has 1 aromatic heterocycles. The van der Waals surface area contributed by atoms with Crippen LogP contribution in [0, 0.1) is 0 Å². The Morgan fingerprint density at radius 3 is 3.16 bits per heavy atom. The lowest BCUT2D eigenvalue weighted by molar-refractivity contribution is -0.124. The van der Waals surface area contributed by atoms with Gasteiger partial charge in [0, 0.05) is 23.9 Å². The minimum Gasteiger partial charge on any atom is -0.481 e. The van der Waals surface area contributed by atoms with Crippen molar-refractivity contribution >= 4 is 17.5 Å². The van der Waals surface area contributed by atoms with E-state index in [-0.39, 0.29) is 12.2 Å². The predicted octanol–water partition coefficient (Wildman–Crippen LogP) is 1.48. The molecule has 1 atom stereocenters. The smallest absolute Gasteiger partial charge is 0.180 e. The van der Waals surface area contributed by atoms with Crippen molar-refractivity contribution in [2.24, 2.45) is 7.05 Å². The minimum absolute atomic E-state index is 0.0440. The van der Waals surface area contributed by atoms with Crippen LogP contribution in [0.4, 0.5) is 0 Å². The van der Waals surface area contributed by atoms with Gasteiger partial charge in [0.1, 0.15) is 5.75 Å². The molecule has 5 nitrogen and oxygen atoms in total. The van der Waals surface area contributed by atoms with E-state index in [0.717, 1.165) is 10.6 Å². The number of carbonyl (C=O) groups excluding carboxylic acids is 1. The SMILES string of the molecule is Cn1cc(CC(=O)C2CSc3ccccc3O2)nn1. The molecule has 1 unspecified atom stereocenters. The van der Waals surface area contributed by atoms with Crippen LogP contribution in [0.5, 0.6) is 5.75 Å². The Balaban J connectivity index is 1.69. The van der Waals surface area contributed by atoms with Crippen molar-refractivity contribution in [3.63, 3.8) is 0 Å². The van der Waals surface area contributed by atoms with Crippen LogP contribution >= 0.6 is 11.8 Å². The Morgan fingerprint density at radius 1 is 1.53 bits per heavy atom. The van der Waals surface area contributed by atoms with Crippen molar-refractivity contribution in [1.82, 2.24) is 15.0 Å². The maximum atomic E-state index is 12.2. The molecule has 19 heavy (non-hydrogen) atoms. The van der Waals surface area contributed by atoms with Crippen molar-refractivity contribution in [3.05, 3.63) is 36.2 Å². The third-order valence-corrected chi connectivity index (χ3v) is 3.99. The molecule has 3 rings (SSSR count). The summed E-state index contributed by atoms with van der Waals surface area (Å²) in [7, 11) is 1.78. The van der Waals surface area contributed by atoms with Gasteiger partial charge in [-0.2, -0.15) is 0 Å². The average Bonchev–Trinajstić information content (AvgIpc) is 2.83. The fraction of sp³-hybridized carbons (Fsp3) is 0.308. The maximum Gasteiger partial charge on any atom is 0.180 e. The van der Waals surface area contributed by atoms with Crippen molar-refractivity contribution in [2.45, 2.75) is 17.4 Å². The van der Waals surface area contributed by atoms with Crippen LogP contribution in [0.1, 0.15) is 5.69 Å². The molecule has 1 aliphatic heterocycles. The first-order valence-electron chi connectivity index (χ1n) is 5.99. The second-order valence-electron chi connectivity index (χ2n) is 4.39. The number of hydrogen-bond acceptors (Lipinski definition) is 5. The third-order valence-electron chi connectivity index (χ3n) is 2.87. The van der Waals surface area contributed by atoms with Gasteiger partial charge in [0.25, 0.3) is 0 Å². The fourth-order valence-corrected chi connectivity index (χ4v) is 2.96. The van der Waals surface area contributed by atoms with Crippen LogP contribution in [0.2, 0.25) is 0 Å². The molecule has 0 saturated heterocycles. The summed E-state index contributed by atoms with van der Waals surface area (Å²) in [6.07, 6.45) is 1.62. The molecular weight excluding hydrogens is 262 g/mol. The molecule has 1 aliphatic rings. The van der Waals surface area contributed by atoms with Gasteiger partial charge in [-0.25, -0.2) is 0 Å². The summed E-state index contributed by atoms with van der Waals surface area (Å²) in [4.78, 5) is 13.3. The number of para-hydroxylation sites is 1. The van der Waals surface area contributed by atoms with Crippen LogP contribution in [0.15, 0.2) is 35.4 Å². The number of hydrogen-bond donors (Lipinski definition) is 0. The van der Waals surface area contributed by atoms with Gasteiger partial charge in [-0.15, -0.1) is 16.9 Å². The number of thioether (sulfide) groups is 1. The monoisotopic (exact) mass is 275 g/mol. The molecule has 0 radical (unpaired) electrons. The molecule has 0 amide bonds. The lowest BCUT2D eigenvalue weighted by Gasteiger charge is -2.24. The van der Waals surface area contributed by atoms with Gasteiger partial charge in [0.15, 0.2) is 11.9 Å². The summed E-state index contributed by atoms with van der Waals surface area (Å²) in [6.45, 7) is 0. The normalized spacial score (nSPS) is 17.6. The van der Waals surface area contributed by atoms with E-state index < -0.39 is 6.10 Å². The summed E-state index contributed by atoms with van der Waals surface area (Å²) >= 11 is 1.65. The average molecular weight is 275 g/mol. The number of benzene rings is 1. The summed E-state index contributed by atoms with van der Waals surface area (Å²) in [5.74, 6) is 1.48. The van der Waals surface area contributed by atoms with E-state index in [9.17, 15) is 4.79 Å².